The fraction of sp³-hybridized carbons (Fsp3) is 0.375. The standard InChI is InChI=1S/C16H21NO3S/c1-3-11-16(2,18)12-17-21(19,20)15-10-6-8-13-7-4-5-9-14(13)15/h4-10,17-18H,3,11-12H2,1-2H3. The first-order valence-electron chi connectivity index (χ1n) is 7.05. The maximum atomic E-state index is 12.5. The van der Waals surface area contributed by atoms with Gasteiger partial charge in [-0.25, -0.2) is 13.1 Å². The topological polar surface area (TPSA) is 66.4 Å². The number of benzene rings is 2. The Hall–Kier alpha value is -1.43. The Kier molecular flexibility index (Phi) is 4.66. The lowest BCUT2D eigenvalue weighted by Gasteiger charge is -2.23. The molecule has 2 rings (SSSR count). The second kappa shape index (κ2) is 6.13. The fourth-order valence-electron chi connectivity index (χ4n) is 2.39. The predicted molar refractivity (Wildman–Crippen MR) is 84.7 cm³/mol. The highest BCUT2D eigenvalue weighted by Gasteiger charge is 2.24. The van der Waals surface area contributed by atoms with E-state index in [1.165, 1.54) is 0 Å². The second-order valence-electron chi connectivity index (χ2n) is 5.55. The van der Waals surface area contributed by atoms with Crippen molar-refractivity contribution in [2.24, 2.45) is 0 Å². The van der Waals surface area contributed by atoms with Crippen LogP contribution in [0.4, 0.5) is 0 Å². The maximum Gasteiger partial charge on any atom is 0.241 e. The zero-order chi connectivity index (χ0) is 15.5. The summed E-state index contributed by atoms with van der Waals surface area (Å²) in [4.78, 5) is 0.243. The minimum Gasteiger partial charge on any atom is -0.389 e. The molecule has 2 aromatic carbocycles. The van der Waals surface area contributed by atoms with E-state index in [0.717, 1.165) is 11.8 Å². The van der Waals surface area contributed by atoms with E-state index in [-0.39, 0.29) is 11.4 Å². The van der Waals surface area contributed by atoms with Gasteiger partial charge in [0, 0.05) is 11.9 Å². The molecule has 0 aromatic heterocycles. The SMILES string of the molecule is CCCC(C)(O)CNS(=O)(=O)c1cccc2ccccc12. The Bertz CT molecular complexity index is 718. The first-order chi connectivity index (χ1) is 9.86. The number of nitrogens with one attached hydrogen (secondary N) is 1. The smallest absolute Gasteiger partial charge is 0.241 e. The van der Waals surface area contributed by atoms with Crippen LogP contribution in [0.25, 0.3) is 10.8 Å². The molecule has 114 valence electrons. The zero-order valence-corrected chi connectivity index (χ0v) is 13.2. The molecule has 0 saturated carbocycles. The van der Waals surface area contributed by atoms with Crippen LogP contribution in [0.3, 0.4) is 0 Å². The molecule has 0 aliphatic heterocycles. The molecule has 21 heavy (non-hydrogen) atoms. The van der Waals surface area contributed by atoms with Crippen molar-refractivity contribution < 1.29 is 13.5 Å². The maximum absolute atomic E-state index is 12.5. The van der Waals surface area contributed by atoms with Gasteiger partial charge in [-0.05, 0) is 24.8 Å². The summed E-state index contributed by atoms with van der Waals surface area (Å²) in [6.45, 7) is 3.60. The zero-order valence-electron chi connectivity index (χ0n) is 12.3. The van der Waals surface area contributed by atoms with Crippen molar-refractivity contribution in [3.05, 3.63) is 42.5 Å². The van der Waals surface area contributed by atoms with Crippen LogP contribution in [-0.2, 0) is 10.0 Å². The molecule has 0 amide bonds. The molecule has 0 saturated heterocycles. The summed E-state index contributed by atoms with van der Waals surface area (Å²) in [5.74, 6) is 0. The molecule has 4 nitrogen and oxygen atoms in total. The second-order valence-corrected chi connectivity index (χ2v) is 7.28. The third-order valence-corrected chi connectivity index (χ3v) is 4.93. The molecule has 0 aliphatic rings. The van der Waals surface area contributed by atoms with Gasteiger partial charge in [0.05, 0.1) is 10.5 Å². The van der Waals surface area contributed by atoms with Gasteiger partial charge in [-0.15, -0.1) is 0 Å². The summed E-state index contributed by atoms with van der Waals surface area (Å²) in [6.07, 6.45) is 1.34. The van der Waals surface area contributed by atoms with E-state index in [9.17, 15) is 13.5 Å². The van der Waals surface area contributed by atoms with Gasteiger partial charge in [0.1, 0.15) is 0 Å². The van der Waals surface area contributed by atoms with Crippen LogP contribution >= 0.6 is 0 Å². The van der Waals surface area contributed by atoms with Gasteiger partial charge in [-0.3, -0.25) is 0 Å². The average Bonchev–Trinajstić information content (AvgIpc) is 2.45. The monoisotopic (exact) mass is 307 g/mol. The van der Waals surface area contributed by atoms with E-state index < -0.39 is 15.6 Å². The van der Waals surface area contributed by atoms with Gasteiger partial charge < -0.3 is 5.11 Å². The van der Waals surface area contributed by atoms with E-state index in [2.05, 4.69) is 4.72 Å². The number of hydrogen-bond donors (Lipinski definition) is 2. The summed E-state index contributed by atoms with van der Waals surface area (Å²) in [6, 6.07) is 12.5. The van der Waals surface area contributed by atoms with Crippen molar-refractivity contribution in [2.45, 2.75) is 37.2 Å². The number of rotatable bonds is 6. The molecular weight excluding hydrogens is 286 g/mol. The Morgan fingerprint density at radius 1 is 1.14 bits per heavy atom. The first kappa shape index (κ1) is 15.9. The molecule has 0 bridgehead atoms. The Morgan fingerprint density at radius 2 is 1.81 bits per heavy atom. The number of hydrogen-bond acceptors (Lipinski definition) is 3. The minimum atomic E-state index is -3.65. The molecule has 0 radical (unpaired) electrons. The van der Waals surface area contributed by atoms with E-state index in [1.807, 2.05) is 31.2 Å². The number of aliphatic hydroxyl groups is 1. The van der Waals surface area contributed by atoms with E-state index in [4.69, 9.17) is 0 Å². The summed E-state index contributed by atoms with van der Waals surface area (Å²) < 4.78 is 27.5. The highest BCUT2D eigenvalue weighted by atomic mass is 32.2. The van der Waals surface area contributed by atoms with E-state index >= 15 is 0 Å². The van der Waals surface area contributed by atoms with Gasteiger partial charge in [0.15, 0.2) is 0 Å². The molecule has 1 unspecified atom stereocenters. The molecule has 2 N–H and O–H groups in total. The number of fused-ring (bicyclic) bond motifs is 1. The molecular formula is C16H21NO3S. The molecule has 0 spiro atoms. The quantitative estimate of drug-likeness (QED) is 0.862. The third kappa shape index (κ3) is 3.81. The summed E-state index contributed by atoms with van der Waals surface area (Å²) >= 11 is 0. The van der Waals surface area contributed by atoms with Crippen LogP contribution in [0.5, 0.6) is 0 Å². The number of sulfonamides is 1. The molecule has 0 fully saturated rings. The Labute approximate surface area is 125 Å². The van der Waals surface area contributed by atoms with E-state index in [1.54, 1.807) is 25.1 Å². The van der Waals surface area contributed by atoms with Crippen molar-refractivity contribution in [3.8, 4) is 0 Å². The third-order valence-electron chi connectivity index (χ3n) is 3.47. The highest BCUT2D eigenvalue weighted by molar-refractivity contribution is 7.89. The van der Waals surface area contributed by atoms with E-state index in [0.29, 0.717) is 11.8 Å². The summed E-state index contributed by atoms with van der Waals surface area (Å²) in [5.41, 5.74) is -1.04. The van der Waals surface area contributed by atoms with Gasteiger partial charge in [-0.1, -0.05) is 49.7 Å². The van der Waals surface area contributed by atoms with Crippen molar-refractivity contribution in [1.29, 1.82) is 0 Å². The van der Waals surface area contributed by atoms with Gasteiger partial charge in [0.2, 0.25) is 10.0 Å². The largest absolute Gasteiger partial charge is 0.389 e. The Balaban J connectivity index is 2.30. The molecule has 0 aliphatic carbocycles. The van der Waals surface area contributed by atoms with Gasteiger partial charge >= 0.3 is 0 Å². The van der Waals surface area contributed by atoms with Crippen LogP contribution in [0, 0.1) is 0 Å². The summed E-state index contributed by atoms with van der Waals surface area (Å²) in [7, 11) is -3.65. The predicted octanol–water partition coefficient (Wildman–Crippen LogP) is 2.67. The molecule has 0 heterocycles. The van der Waals surface area contributed by atoms with Gasteiger partial charge in [-0.2, -0.15) is 0 Å². The Morgan fingerprint density at radius 3 is 2.52 bits per heavy atom. The minimum absolute atomic E-state index is 0.00634. The van der Waals surface area contributed by atoms with Crippen LogP contribution in [-0.4, -0.2) is 25.7 Å². The van der Waals surface area contributed by atoms with Crippen molar-refractivity contribution in [2.75, 3.05) is 6.54 Å². The van der Waals surface area contributed by atoms with Crippen LogP contribution in [0.2, 0.25) is 0 Å². The van der Waals surface area contributed by atoms with Gasteiger partial charge in [0.25, 0.3) is 0 Å². The van der Waals surface area contributed by atoms with Crippen LogP contribution in [0.15, 0.2) is 47.4 Å². The lowest BCUT2D eigenvalue weighted by atomic mass is 10.0. The van der Waals surface area contributed by atoms with Crippen LogP contribution in [0.1, 0.15) is 26.7 Å². The molecule has 2 aromatic rings. The lowest BCUT2D eigenvalue weighted by molar-refractivity contribution is 0.0554. The van der Waals surface area contributed by atoms with Crippen molar-refractivity contribution in [1.82, 2.24) is 4.72 Å². The first-order valence-corrected chi connectivity index (χ1v) is 8.54. The average molecular weight is 307 g/mol. The van der Waals surface area contributed by atoms with Crippen molar-refractivity contribution >= 4 is 20.8 Å². The van der Waals surface area contributed by atoms with Crippen LogP contribution < -0.4 is 4.72 Å². The molecule has 1 atom stereocenters. The molecule has 5 heteroatoms. The lowest BCUT2D eigenvalue weighted by Crippen LogP contribution is -2.40. The summed E-state index contributed by atoms with van der Waals surface area (Å²) in [5, 5.41) is 11.7. The highest BCUT2D eigenvalue weighted by Crippen LogP contribution is 2.23. The normalized spacial score (nSPS) is 15.0. The fourth-order valence-corrected chi connectivity index (χ4v) is 3.77. The van der Waals surface area contributed by atoms with Crippen molar-refractivity contribution in [3.63, 3.8) is 0 Å².